The minimum atomic E-state index is 0.297. The summed E-state index contributed by atoms with van der Waals surface area (Å²) in [6.07, 6.45) is 0. The van der Waals surface area contributed by atoms with Crippen LogP contribution in [0.15, 0.2) is 29.3 Å². The van der Waals surface area contributed by atoms with Crippen LogP contribution in [0.2, 0.25) is 0 Å². The Kier molecular flexibility index (Phi) is 2.21. The number of fused-ring (bicyclic) bond motifs is 1. The van der Waals surface area contributed by atoms with Crippen molar-refractivity contribution in [1.82, 2.24) is 9.97 Å². The van der Waals surface area contributed by atoms with Gasteiger partial charge >= 0.3 is 0 Å². The summed E-state index contributed by atoms with van der Waals surface area (Å²) in [6.45, 7) is 1.68. The molecule has 0 bridgehead atoms. The number of hydrogen-bond acceptors (Lipinski definition) is 4. The van der Waals surface area contributed by atoms with E-state index in [1.807, 2.05) is 24.3 Å². The molecule has 0 atom stereocenters. The van der Waals surface area contributed by atoms with Gasteiger partial charge in [-0.05, 0) is 19.1 Å². The highest BCUT2D eigenvalue weighted by molar-refractivity contribution is 5.89. The summed E-state index contributed by atoms with van der Waals surface area (Å²) < 4.78 is 0. The molecule has 1 aromatic carbocycles. The maximum Gasteiger partial charge on any atom is 0.253 e. The average molecular weight is 201 g/mol. The second kappa shape index (κ2) is 3.53. The third-order valence-electron chi connectivity index (χ3n) is 1.90. The van der Waals surface area contributed by atoms with E-state index >= 15 is 0 Å². The number of anilines is 1. The highest BCUT2D eigenvalue weighted by Gasteiger charge is 2.02. The lowest BCUT2D eigenvalue weighted by Gasteiger charge is -2.01. The molecule has 0 spiro atoms. The van der Waals surface area contributed by atoms with Gasteiger partial charge in [-0.15, -0.1) is 0 Å². The zero-order valence-electron chi connectivity index (χ0n) is 8.31. The van der Waals surface area contributed by atoms with Gasteiger partial charge in [0.2, 0.25) is 0 Å². The summed E-state index contributed by atoms with van der Waals surface area (Å²) >= 11 is 0. The van der Waals surface area contributed by atoms with Crippen molar-refractivity contribution >= 4 is 28.5 Å². The number of aliphatic imine (C=N–C) groups is 1. The first-order valence-electron chi connectivity index (χ1n) is 4.50. The number of rotatable bonds is 1. The summed E-state index contributed by atoms with van der Waals surface area (Å²) in [7, 11) is 0. The molecule has 0 amide bonds. The maximum absolute atomic E-state index is 5.77. The van der Waals surface area contributed by atoms with Crippen molar-refractivity contribution < 1.29 is 0 Å². The Morgan fingerprint density at radius 3 is 2.73 bits per heavy atom. The van der Waals surface area contributed by atoms with Gasteiger partial charge in [0.05, 0.1) is 11.4 Å². The van der Waals surface area contributed by atoms with Crippen LogP contribution < -0.4 is 11.5 Å². The molecule has 76 valence electrons. The number of nitrogens with two attached hydrogens (primary N) is 2. The minimum absolute atomic E-state index is 0.297. The van der Waals surface area contributed by atoms with Crippen molar-refractivity contribution in [1.29, 1.82) is 0 Å². The zero-order valence-corrected chi connectivity index (χ0v) is 8.31. The van der Waals surface area contributed by atoms with E-state index in [0.717, 1.165) is 10.9 Å². The Labute approximate surface area is 86.9 Å². The first-order valence-corrected chi connectivity index (χ1v) is 4.50. The molecular formula is C10H11N5. The second-order valence-electron chi connectivity index (χ2n) is 3.18. The zero-order chi connectivity index (χ0) is 10.8. The molecule has 0 unspecified atom stereocenters. The summed E-state index contributed by atoms with van der Waals surface area (Å²) in [6, 6.07) is 7.50. The van der Waals surface area contributed by atoms with Crippen molar-refractivity contribution in [3.05, 3.63) is 24.3 Å². The summed E-state index contributed by atoms with van der Waals surface area (Å²) in [5.41, 5.74) is 12.0. The fraction of sp³-hybridized carbons (Fsp3) is 0.100. The van der Waals surface area contributed by atoms with Crippen LogP contribution >= 0.6 is 0 Å². The van der Waals surface area contributed by atoms with E-state index in [0.29, 0.717) is 17.6 Å². The molecule has 4 N–H and O–H groups in total. The van der Waals surface area contributed by atoms with Gasteiger partial charge < -0.3 is 11.5 Å². The van der Waals surface area contributed by atoms with E-state index in [2.05, 4.69) is 15.0 Å². The van der Waals surface area contributed by atoms with Gasteiger partial charge in [0.25, 0.3) is 5.95 Å². The van der Waals surface area contributed by atoms with Crippen molar-refractivity contribution in [2.24, 2.45) is 10.7 Å². The largest absolute Gasteiger partial charge is 0.387 e. The molecule has 5 heteroatoms. The Morgan fingerprint density at radius 1 is 1.27 bits per heavy atom. The third kappa shape index (κ3) is 1.85. The molecule has 2 aromatic rings. The molecule has 1 aromatic heterocycles. The van der Waals surface area contributed by atoms with Gasteiger partial charge in [-0.1, -0.05) is 12.1 Å². The molecule has 15 heavy (non-hydrogen) atoms. The van der Waals surface area contributed by atoms with Gasteiger partial charge in [-0.25, -0.2) is 4.98 Å². The Bertz CT molecular complexity index is 528. The molecule has 0 aliphatic rings. The lowest BCUT2D eigenvalue weighted by Crippen LogP contribution is -2.05. The molecule has 0 saturated carbocycles. The van der Waals surface area contributed by atoms with E-state index in [9.17, 15) is 0 Å². The molecule has 0 saturated heterocycles. The Balaban J connectivity index is 2.67. The van der Waals surface area contributed by atoms with Gasteiger partial charge in [0, 0.05) is 5.39 Å². The fourth-order valence-electron chi connectivity index (χ4n) is 1.30. The predicted octanol–water partition coefficient (Wildman–Crippen LogP) is 1.22. The van der Waals surface area contributed by atoms with Gasteiger partial charge in [-0.3, -0.25) is 0 Å². The lowest BCUT2D eigenvalue weighted by molar-refractivity contribution is 1.18. The smallest absolute Gasteiger partial charge is 0.253 e. The molecule has 5 nitrogen and oxygen atoms in total. The van der Waals surface area contributed by atoms with Crippen molar-refractivity contribution in [2.75, 3.05) is 5.73 Å². The third-order valence-corrected chi connectivity index (χ3v) is 1.90. The standard InChI is InChI=1S/C10H11N5/c1-6(11)13-10-14-8-5-3-2-4-7(8)9(12)15-10/h2-5H,1H3,(H4,11,12,13,14,15). The summed E-state index contributed by atoms with van der Waals surface area (Å²) in [5, 5.41) is 0.825. The fourth-order valence-corrected chi connectivity index (χ4v) is 1.30. The number of amidine groups is 1. The average Bonchev–Trinajstić information content (AvgIpc) is 2.16. The number of para-hydroxylation sites is 1. The van der Waals surface area contributed by atoms with E-state index in [4.69, 9.17) is 11.5 Å². The quantitative estimate of drug-likeness (QED) is 0.536. The second-order valence-corrected chi connectivity index (χ2v) is 3.18. The summed E-state index contributed by atoms with van der Waals surface area (Å²) in [5.74, 6) is 1.12. The Morgan fingerprint density at radius 2 is 2.00 bits per heavy atom. The van der Waals surface area contributed by atoms with Gasteiger partial charge in [-0.2, -0.15) is 9.98 Å². The van der Waals surface area contributed by atoms with Crippen LogP contribution in [0.1, 0.15) is 6.92 Å². The van der Waals surface area contributed by atoms with Crippen LogP contribution in [0, 0.1) is 0 Å². The molecule has 0 aliphatic carbocycles. The topological polar surface area (TPSA) is 90.2 Å². The van der Waals surface area contributed by atoms with E-state index < -0.39 is 0 Å². The summed E-state index contributed by atoms with van der Waals surface area (Å²) in [4.78, 5) is 12.2. The van der Waals surface area contributed by atoms with Crippen LogP contribution in [-0.4, -0.2) is 15.8 Å². The van der Waals surface area contributed by atoms with Crippen LogP contribution in [0.3, 0.4) is 0 Å². The van der Waals surface area contributed by atoms with Crippen LogP contribution in [-0.2, 0) is 0 Å². The van der Waals surface area contributed by atoms with Crippen LogP contribution in [0.25, 0.3) is 10.9 Å². The lowest BCUT2D eigenvalue weighted by atomic mass is 10.2. The van der Waals surface area contributed by atoms with E-state index in [1.165, 1.54) is 0 Å². The SMILES string of the molecule is CC(N)=Nc1nc(N)c2ccccc2n1. The number of hydrogen-bond donors (Lipinski definition) is 2. The maximum atomic E-state index is 5.77. The molecule has 0 aliphatic heterocycles. The molecule has 2 rings (SSSR count). The molecular weight excluding hydrogens is 190 g/mol. The highest BCUT2D eigenvalue weighted by atomic mass is 15.1. The molecule has 0 fully saturated rings. The molecule has 1 heterocycles. The Hall–Kier alpha value is -2.17. The van der Waals surface area contributed by atoms with Crippen molar-refractivity contribution in [2.45, 2.75) is 6.92 Å². The predicted molar refractivity (Wildman–Crippen MR) is 60.9 cm³/mol. The number of nitrogen functional groups attached to an aromatic ring is 1. The number of nitrogens with zero attached hydrogens (tertiary/aromatic N) is 3. The normalized spacial score (nSPS) is 11.9. The number of aromatic nitrogens is 2. The van der Waals surface area contributed by atoms with Crippen molar-refractivity contribution in [3.63, 3.8) is 0 Å². The minimum Gasteiger partial charge on any atom is -0.387 e. The number of benzene rings is 1. The van der Waals surface area contributed by atoms with Gasteiger partial charge in [0.1, 0.15) is 5.82 Å². The van der Waals surface area contributed by atoms with Crippen molar-refractivity contribution in [3.8, 4) is 0 Å². The van der Waals surface area contributed by atoms with Crippen LogP contribution in [0.4, 0.5) is 11.8 Å². The first kappa shape index (κ1) is 9.39. The highest BCUT2D eigenvalue weighted by Crippen LogP contribution is 2.19. The van der Waals surface area contributed by atoms with E-state index in [1.54, 1.807) is 6.92 Å². The van der Waals surface area contributed by atoms with Gasteiger partial charge in [0.15, 0.2) is 0 Å². The molecule has 0 radical (unpaired) electrons. The van der Waals surface area contributed by atoms with Crippen LogP contribution in [0.5, 0.6) is 0 Å². The first-order chi connectivity index (χ1) is 7.16. The monoisotopic (exact) mass is 201 g/mol. The van der Waals surface area contributed by atoms with E-state index in [-0.39, 0.29) is 0 Å².